The van der Waals surface area contributed by atoms with Crippen LogP contribution in [0.5, 0.6) is 0 Å². The lowest BCUT2D eigenvalue weighted by Gasteiger charge is -2.20. The molecule has 0 bridgehead atoms. The molecule has 0 amide bonds. The van der Waals surface area contributed by atoms with Gasteiger partial charge in [-0.3, -0.25) is 0 Å². The van der Waals surface area contributed by atoms with E-state index in [9.17, 15) is 9.18 Å². The van der Waals surface area contributed by atoms with E-state index < -0.39 is 11.8 Å². The number of benzene rings is 1. The molecule has 0 aliphatic rings. The molecule has 0 unspecified atom stereocenters. The lowest BCUT2D eigenvalue weighted by molar-refractivity contribution is 0.0527. The summed E-state index contributed by atoms with van der Waals surface area (Å²) < 4.78 is 23.7. The molecule has 6 heteroatoms. The van der Waals surface area contributed by atoms with E-state index in [1.54, 1.807) is 26.0 Å². The first-order valence-corrected chi connectivity index (χ1v) is 5.97. The maximum absolute atomic E-state index is 13.8. The van der Waals surface area contributed by atoms with Gasteiger partial charge in [0.2, 0.25) is 0 Å². The van der Waals surface area contributed by atoms with Gasteiger partial charge in [0.05, 0.1) is 24.5 Å². The van der Waals surface area contributed by atoms with Gasteiger partial charge in [-0.15, -0.1) is 0 Å². The van der Waals surface area contributed by atoms with Crippen molar-refractivity contribution in [2.45, 2.75) is 6.92 Å². The second kappa shape index (κ2) is 6.94. The molecule has 0 aliphatic heterocycles. The summed E-state index contributed by atoms with van der Waals surface area (Å²) in [4.78, 5) is 13.4. The van der Waals surface area contributed by atoms with Gasteiger partial charge in [0.1, 0.15) is 5.82 Å². The number of methoxy groups -OCH3 is 1. The topological polar surface area (TPSA) is 64.8 Å². The highest BCUT2D eigenvalue weighted by Crippen LogP contribution is 2.25. The van der Waals surface area contributed by atoms with E-state index in [4.69, 9.17) is 15.2 Å². The van der Waals surface area contributed by atoms with E-state index >= 15 is 0 Å². The zero-order valence-electron chi connectivity index (χ0n) is 11.4. The first kappa shape index (κ1) is 15.2. The number of carbonyl (C=O) groups excluding carboxylic acids is 1. The summed E-state index contributed by atoms with van der Waals surface area (Å²) in [5.74, 6) is -1.04. The number of esters is 1. The summed E-state index contributed by atoms with van der Waals surface area (Å²) in [6, 6.07) is 2.53. The van der Waals surface area contributed by atoms with Crippen LogP contribution in [0.1, 0.15) is 17.3 Å². The maximum Gasteiger partial charge on any atom is 0.340 e. The monoisotopic (exact) mass is 270 g/mol. The first-order valence-electron chi connectivity index (χ1n) is 5.97. The minimum Gasteiger partial charge on any atom is -0.462 e. The van der Waals surface area contributed by atoms with Gasteiger partial charge >= 0.3 is 5.97 Å². The van der Waals surface area contributed by atoms with Crippen LogP contribution in [-0.4, -0.2) is 39.9 Å². The van der Waals surface area contributed by atoms with Crippen molar-refractivity contribution in [2.75, 3.05) is 44.5 Å². The van der Waals surface area contributed by atoms with Crippen molar-refractivity contribution in [2.24, 2.45) is 0 Å². The molecule has 1 aromatic carbocycles. The fraction of sp³-hybridized carbons (Fsp3) is 0.462. The van der Waals surface area contributed by atoms with Crippen molar-refractivity contribution in [3.8, 4) is 0 Å². The molecule has 0 saturated heterocycles. The molecule has 106 valence electrons. The van der Waals surface area contributed by atoms with Gasteiger partial charge in [0.15, 0.2) is 0 Å². The molecule has 1 aromatic rings. The zero-order chi connectivity index (χ0) is 14.4. The molecule has 1 rings (SSSR count). The fourth-order valence-corrected chi connectivity index (χ4v) is 1.60. The number of hydrogen-bond acceptors (Lipinski definition) is 5. The van der Waals surface area contributed by atoms with Gasteiger partial charge in [-0.25, -0.2) is 9.18 Å². The van der Waals surface area contributed by atoms with Crippen LogP contribution in [0.2, 0.25) is 0 Å². The molecule has 5 nitrogen and oxygen atoms in total. The number of ether oxygens (including phenoxy) is 2. The molecule has 0 fully saturated rings. The Morgan fingerprint density at radius 1 is 1.47 bits per heavy atom. The quantitative estimate of drug-likeness (QED) is 0.629. The van der Waals surface area contributed by atoms with Gasteiger partial charge < -0.3 is 20.1 Å². The average Bonchev–Trinajstić information content (AvgIpc) is 2.36. The number of nitrogen functional groups attached to an aromatic ring is 1. The average molecular weight is 270 g/mol. The van der Waals surface area contributed by atoms with E-state index in [0.717, 1.165) is 6.07 Å². The van der Waals surface area contributed by atoms with Crippen molar-refractivity contribution in [3.63, 3.8) is 0 Å². The molecule has 0 aliphatic carbocycles. The summed E-state index contributed by atoms with van der Waals surface area (Å²) in [7, 11) is 3.28. The lowest BCUT2D eigenvalue weighted by Crippen LogP contribution is -2.24. The number of anilines is 2. The number of nitrogens with two attached hydrogens (primary N) is 1. The summed E-state index contributed by atoms with van der Waals surface area (Å²) in [6.07, 6.45) is 0. The second-order valence-corrected chi connectivity index (χ2v) is 4.03. The van der Waals surface area contributed by atoms with E-state index in [2.05, 4.69) is 0 Å². The van der Waals surface area contributed by atoms with Crippen LogP contribution >= 0.6 is 0 Å². The van der Waals surface area contributed by atoms with Gasteiger partial charge in [-0.2, -0.15) is 0 Å². The number of likely N-dealkylation sites (N-methyl/N-ethyl adjacent to an activating group) is 1. The van der Waals surface area contributed by atoms with Crippen LogP contribution in [0.4, 0.5) is 15.8 Å². The SMILES string of the molecule is CCOC(=O)c1cc(N(C)CCOC)c(F)cc1N. The summed E-state index contributed by atoms with van der Waals surface area (Å²) in [5.41, 5.74) is 6.16. The second-order valence-electron chi connectivity index (χ2n) is 4.03. The number of nitrogens with zero attached hydrogens (tertiary/aromatic N) is 1. The highest BCUT2D eigenvalue weighted by molar-refractivity contribution is 5.96. The Hall–Kier alpha value is -1.82. The third-order valence-corrected chi connectivity index (χ3v) is 2.66. The molecular weight excluding hydrogens is 251 g/mol. The number of carbonyl (C=O) groups is 1. The normalized spacial score (nSPS) is 10.3. The minimum absolute atomic E-state index is 0.0693. The van der Waals surface area contributed by atoms with Gasteiger partial charge in [0.25, 0.3) is 0 Å². The van der Waals surface area contributed by atoms with Crippen LogP contribution in [0, 0.1) is 5.82 Å². The lowest BCUT2D eigenvalue weighted by atomic mass is 10.1. The van der Waals surface area contributed by atoms with Crippen molar-refractivity contribution >= 4 is 17.3 Å². The number of hydrogen-bond donors (Lipinski definition) is 1. The smallest absolute Gasteiger partial charge is 0.340 e. The summed E-state index contributed by atoms with van der Waals surface area (Å²) in [6.45, 7) is 2.89. The van der Waals surface area contributed by atoms with E-state index in [1.807, 2.05) is 0 Å². The van der Waals surface area contributed by atoms with E-state index in [1.165, 1.54) is 6.07 Å². The van der Waals surface area contributed by atoms with Crippen LogP contribution in [0.15, 0.2) is 12.1 Å². The molecule has 0 heterocycles. The van der Waals surface area contributed by atoms with Crippen LogP contribution < -0.4 is 10.6 Å². The number of rotatable bonds is 6. The van der Waals surface area contributed by atoms with E-state index in [0.29, 0.717) is 13.2 Å². The summed E-state index contributed by atoms with van der Waals surface area (Å²) in [5, 5.41) is 0. The molecule has 0 radical (unpaired) electrons. The predicted octanol–water partition coefficient (Wildman–Crippen LogP) is 1.67. The van der Waals surface area contributed by atoms with Gasteiger partial charge in [-0.1, -0.05) is 0 Å². The zero-order valence-corrected chi connectivity index (χ0v) is 11.4. The third kappa shape index (κ3) is 3.82. The van der Waals surface area contributed by atoms with E-state index in [-0.39, 0.29) is 23.5 Å². The van der Waals surface area contributed by atoms with Crippen molar-refractivity contribution in [1.82, 2.24) is 0 Å². The van der Waals surface area contributed by atoms with Crippen molar-refractivity contribution < 1.29 is 18.7 Å². The first-order chi connectivity index (χ1) is 9.01. The van der Waals surface area contributed by atoms with Crippen LogP contribution in [0.25, 0.3) is 0 Å². The Labute approximate surface area is 112 Å². The predicted molar refractivity (Wildman–Crippen MR) is 71.9 cm³/mol. The Morgan fingerprint density at radius 2 is 2.16 bits per heavy atom. The minimum atomic E-state index is -0.554. The van der Waals surface area contributed by atoms with Crippen molar-refractivity contribution in [3.05, 3.63) is 23.5 Å². The fourth-order valence-electron chi connectivity index (χ4n) is 1.60. The van der Waals surface area contributed by atoms with Gasteiger partial charge in [0, 0.05) is 26.4 Å². The number of halogens is 1. The van der Waals surface area contributed by atoms with Crippen molar-refractivity contribution in [1.29, 1.82) is 0 Å². The molecular formula is C13H19FN2O3. The highest BCUT2D eigenvalue weighted by Gasteiger charge is 2.17. The van der Waals surface area contributed by atoms with Crippen LogP contribution in [0.3, 0.4) is 0 Å². The Morgan fingerprint density at radius 3 is 2.74 bits per heavy atom. The Balaban J connectivity index is 3.05. The molecule has 0 atom stereocenters. The molecule has 2 N–H and O–H groups in total. The standard InChI is InChI=1S/C13H19FN2O3/c1-4-19-13(17)9-7-12(10(14)8-11(9)15)16(2)5-6-18-3/h7-8H,4-6,15H2,1-3H3. The maximum atomic E-state index is 13.8. The summed E-state index contributed by atoms with van der Waals surface area (Å²) >= 11 is 0. The third-order valence-electron chi connectivity index (χ3n) is 2.66. The molecule has 0 spiro atoms. The highest BCUT2D eigenvalue weighted by atomic mass is 19.1. The van der Waals surface area contributed by atoms with Gasteiger partial charge in [-0.05, 0) is 19.1 Å². The molecule has 19 heavy (non-hydrogen) atoms. The molecule has 0 aromatic heterocycles. The largest absolute Gasteiger partial charge is 0.462 e. The Kier molecular flexibility index (Phi) is 5.57. The molecule has 0 saturated carbocycles. The Bertz CT molecular complexity index is 452. The van der Waals surface area contributed by atoms with Crippen LogP contribution in [-0.2, 0) is 9.47 Å².